The first-order valence-corrected chi connectivity index (χ1v) is 13.0. The molecule has 8 nitrogen and oxygen atoms in total. The van der Waals surface area contributed by atoms with Gasteiger partial charge in [-0.05, 0) is 63.5 Å². The smallest absolute Gasteiger partial charge is 0.242 e. The Kier molecular flexibility index (Phi) is 10.4. The maximum Gasteiger partial charge on any atom is 0.242 e. The number of aryl methyl sites for hydroxylation is 1. The lowest BCUT2D eigenvalue weighted by molar-refractivity contribution is -0.142. The fourth-order valence-electron chi connectivity index (χ4n) is 5.00. The van der Waals surface area contributed by atoms with Crippen LogP contribution < -0.4 is 15.4 Å². The number of methoxy groups -OCH3 is 1. The predicted octanol–water partition coefficient (Wildman–Crippen LogP) is 2.84. The molecule has 1 atom stereocenters. The molecular formula is C27H41N3O5. The van der Waals surface area contributed by atoms with Crippen molar-refractivity contribution in [2.45, 2.75) is 70.8 Å². The van der Waals surface area contributed by atoms with Crippen LogP contribution in [0.25, 0.3) is 0 Å². The van der Waals surface area contributed by atoms with Crippen molar-refractivity contribution in [1.29, 1.82) is 0 Å². The summed E-state index contributed by atoms with van der Waals surface area (Å²) < 4.78 is 11.1. The summed E-state index contributed by atoms with van der Waals surface area (Å²) in [5, 5.41) is 5.82. The second kappa shape index (κ2) is 13.5. The normalized spacial score (nSPS) is 22.1. The van der Waals surface area contributed by atoms with Gasteiger partial charge in [0.15, 0.2) is 0 Å². The van der Waals surface area contributed by atoms with Gasteiger partial charge in [-0.15, -0.1) is 0 Å². The number of amides is 3. The summed E-state index contributed by atoms with van der Waals surface area (Å²) in [4.78, 5) is 40.5. The Morgan fingerprint density at radius 2 is 1.86 bits per heavy atom. The average Bonchev–Trinajstić information content (AvgIpc) is 2.87. The number of ether oxygens (including phenoxy) is 2. The highest BCUT2D eigenvalue weighted by Gasteiger charge is 2.42. The minimum atomic E-state index is -0.585. The molecule has 0 bridgehead atoms. The largest absolute Gasteiger partial charge is 0.496 e. The third-order valence-electron chi connectivity index (χ3n) is 7.28. The number of hydrogen-bond acceptors (Lipinski definition) is 5. The fourth-order valence-corrected chi connectivity index (χ4v) is 5.00. The van der Waals surface area contributed by atoms with Crippen LogP contribution >= 0.6 is 0 Å². The first-order chi connectivity index (χ1) is 16.9. The number of para-hydroxylation sites is 1. The fraction of sp³-hybridized carbons (Fsp3) is 0.667. The summed E-state index contributed by atoms with van der Waals surface area (Å²) in [6.45, 7) is 4.69. The highest BCUT2D eigenvalue weighted by molar-refractivity contribution is 5.90. The van der Waals surface area contributed by atoms with Crippen molar-refractivity contribution < 1.29 is 23.9 Å². The van der Waals surface area contributed by atoms with Crippen LogP contribution in [0.2, 0.25) is 0 Å². The van der Waals surface area contributed by atoms with Crippen molar-refractivity contribution in [3.63, 3.8) is 0 Å². The summed E-state index contributed by atoms with van der Waals surface area (Å²) in [5.41, 5.74) is 0.561. The molecule has 35 heavy (non-hydrogen) atoms. The molecule has 2 aliphatic heterocycles. The second-order valence-corrected chi connectivity index (χ2v) is 9.74. The van der Waals surface area contributed by atoms with Crippen LogP contribution in [-0.2, 0) is 25.5 Å². The lowest BCUT2D eigenvalue weighted by Crippen LogP contribution is -2.54. The lowest BCUT2D eigenvalue weighted by Gasteiger charge is -2.41. The zero-order valence-corrected chi connectivity index (χ0v) is 21.3. The molecule has 194 valence electrons. The van der Waals surface area contributed by atoms with Gasteiger partial charge < -0.3 is 25.0 Å². The summed E-state index contributed by atoms with van der Waals surface area (Å²) in [5.74, 6) is 0.750. The Hall–Kier alpha value is -2.61. The molecule has 0 aliphatic carbocycles. The molecule has 3 amide bonds. The molecule has 8 heteroatoms. The number of benzene rings is 1. The molecular weight excluding hydrogens is 446 g/mol. The zero-order chi connectivity index (χ0) is 25.1. The highest BCUT2D eigenvalue weighted by Crippen LogP contribution is 2.37. The van der Waals surface area contributed by atoms with Crippen molar-refractivity contribution in [3.8, 4) is 5.75 Å². The number of piperidine rings is 1. The van der Waals surface area contributed by atoms with Gasteiger partial charge in [0.25, 0.3) is 0 Å². The number of rotatable bonds is 5. The molecule has 0 radical (unpaired) electrons. The van der Waals surface area contributed by atoms with E-state index in [9.17, 15) is 14.4 Å². The summed E-state index contributed by atoms with van der Waals surface area (Å²) in [6.07, 6.45) is 6.56. The Bertz CT molecular complexity index is 851. The third-order valence-corrected chi connectivity index (χ3v) is 7.28. The van der Waals surface area contributed by atoms with Crippen molar-refractivity contribution >= 4 is 17.7 Å². The molecule has 1 aromatic carbocycles. The van der Waals surface area contributed by atoms with E-state index in [0.717, 1.165) is 49.8 Å². The molecule has 3 rings (SSSR count). The van der Waals surface area contributed by atoms with Crippen molar-refractivity contribution in [3.05, 3.63) is 29.8 Å². The van der Waals surface area contributed by atoms with Crippen molar-refractivity contribution in [2.75, 3.05) is 40.0 Å². The first kappa shape index (κ1) is 27.0. The molecule has 2 heterocycles. The van der Waals surface area contributed by atoms with Gasteiger partial charge in [0, 0.05) is 39.3 Å². The number of nitrogens with one attached hydrogen (secondary N) is 2. The van der Waals surface area contributed by atoms with E-state index in [1.165, 1.54) is 0 Å². The van der Waals surface area contributed by atoms with Gasteiger partial charge in [-0.1, -0.05) is 24.6 Å². The molecule has 2 saturated heterocycles. The summed E-state index contributed by atoms with van der Waals surface area (Å²) in [7, 11) is 1.66. The number of carbonyl (C=O) groups is 3. The van der Waals surface area contributed by atoms with E-state index < -0.39 is 11.5 Å². The highest BCUT2D eigenvalue weighted by atomic mass is 16.5. The molecule has 1 aromatic rings. The van der Waals surface area contributed by atoms with Crippen LogP contribution in [0.3, 0.4) is 0 Å². The molecule has 2 aliphatic rings. The van der Waals surface area contributed by atoms with Crippen LogP contribution in [0.1, 0.15) is 63.9 Å². The van der Waals surface area contributed by atoms with Gasteiger partial charge in [-0.3, -0.25) is 14.4 Å². The molecule has 0 unspecified atom stereocenters. The van der Waals surface area contributed by atoms with E-state index in [4.69, 9.17) is 9.47 Å². The Morgan fingerprint density at radius 1 is 1.11 bits per heavy atom. The number of nitrogens with zero attached hydrogens (tertiary/aromatic N) is 1. The lowest BCUT2D eigenvalue weighted by atomic mass is 9.73. The molecule has 0 saturated carbocycles. The van der Waals surface area contributed by atoms with E-state index in [1.807, 2.05) is 29.2 Å². The third kappa shape index (κ3) is 7.69. The monoisotopic (exact) mass is 487 g/mol. The molecule has 0 aromatic heterocycles. The predicted molar refractivity (Wildman–Crippen MR) is 134 cm³/mol. The Balaban J connectivity index is 1.55. The molecule has 1 spiro atoms. The number of hydrogen-bond donors (Lipinski definition) is 2. The summed E-state index contributed by atoms with van der Waals surface area (Å²) >= 11 is 0. The van der Waals surface area contributed by atoms with Crippen LogP contribution in [0, 0.1) is 5.41 Å². The second-order valence-electron chi connectivity index (χ2n) is 9.74. The number of likely N-dealkylation sites (tertiary alicyclic amines) is 1. The quantitative estimate of drug-likeness (QED) is 0.666. The van der Waals surface area contributed by atoms with Crippen LogP contribution in [0.15, 0.2) is 24.3 Å². The van der Waals surface area contributed by atoms with E-state index in [-0.39, 0.29) is 17.7 Å². The maximum atomic E-state index is 13.3. The van der Waals surface area contributed by atoms with Crippen LogP contribution in [0.4, 0.5) is 0 Å². The SMILES string of the molecule is COc1ccccc1CCCC(=O)N1CCC2(CCCCOCCCNC(=O)[C@H](C)NC2=O)CC1. The Morgan fingerprint density at radius 3 is 2.63 bits per heavy atom. The van der Waals surface area contributed by atoms with Gasteiger partial charge >= 0.3 is 0 Å². The van der Waals surface area contributed by atoms with E-state index in [1.54, 1.807) is 14.0 Å². The number of carbonyl (C=O) groups excluding carboxylic acids is 3. The average molecular weight is 488 g/mol. The topological polar surface area (TPSA) is 97.0 Å². The van der Waals surface area contributed by atoms with Crippen LogP contribution in [-0.4, -0.2) is 68.6 Å². The first-order valence-electron chi connectivity index (χ1n) is 13.0. The van der Waals surface area contributed by atoms with Gasteiger partial charge in [-0.25, -0.2) is 0 Å². The maximum absolute atomic E-state index is 13.3. The van der Waals surface area contributed by atoms with Crippen molar-refractivity contribution in [2.24, 2.45) is 5.41 Å². The van der Waals surface area contributed by atoms with Gasteiger partial charge in [-0.2, -0.15) is 0 Å². The van der Waals surface area contributed by atoms with E-state index in [0.29, 0.717) is 52.1 Å². The minimum Gasteiger partial charge on any atom is -0.496 e. The van der Waals surface area contributed by atoms with Gasteiger partial charge in [0.2, 0.25) is 17.7 Å². The molecule has 2 N–H and O–H groups in total. The van der Waals surface area contributed by atoms with Gasteiger partial charge in [0.05, 0.1) is 12.5 Å². The minimum absolute atomic E-state index is 0.0681. The van der Waals surface area contributed by atoms with E-state index >= 15 is 0 Å². The zero-order valence-electron chi connectivity index (χ0n) is 21.3. The van der Waals surface area contributed by atoms with Crippen LogP contribution in [0.5, 0.6) is 5.75 Å². The van der Waals surface area contributed by atoms with Crippen molar-refractivity contribution in [1.82, 2.24) is 15.5 Å². The van der Waals surface area contributed by atoms with Gasteiger partial charge in [0.1, 0.15) is 11.8 Å². The molecule has 2 fully saturated rings. The summed E-state index contributed by atoms with van der Waals surface area (Å²) in [6, 6.07) is 7.32. The van der Waals surface area contributed by atoms with E-state index in [2.05, 4.69) is 10.6 Å². The Labute approximate surface area is 209 Å². The standard InChI is InChI=1S/C27H41N3O5/c1-21-25(32)28-16-8-20-35-19-6-5-13-27(26(33)29-21)14-17-30(18-15-27)24(31)12-7-10-22-9-3-4-11-23(22)34-2/h3-4,9,11,21H,5-8,10,12-20H2,1-2H3,(H,28,32)(H,29,33)/t21-/m0/s1.